The largest absolute Gasteiger partial charge is 0.481 e. The lowest BCUT2D eigenvalue weighted by Gasteiger charge is -2.05. The van der Waals surface area contributed by atoms with Gasteiger partial charge >= 0.3 is 5.97 Å². The van der Waals surface area contributed by atoms with Crippen molar-refractivity contribution in [1.82, 2.24) is 0 Å². The number of rotatable bonds is 8. The smallest absolute Gasteiger partial charge is 0.303 e. The van der Waals surface area contributed by atoms with Crippen LogP contribution in [0.25, 0.3) is 0 Å². The lowest BCUT2D eigenvalue weighted by molar-refractivity contribution is -0.137. The summed E-state index contributed by atoms with van der Waals surface area (Å²) < 4.78 is 0. The van der Waals surface area contributed by atoms with E-state index in [1.807, 2.05) is 36.4 Å². The quantitative estimate of drug-likeness (QED) is 0.579. The van der Waals surface area contributed by atoms with Gasteiger partial charge in [-0.3, -0.25) is 9.59 Å². The fourth-order valence-corrected chi connectivity index (χ4v) is 2.39. The molecule has 0 fully saturated rings. The Bertz CT molecular complexity index is 660. The molecule has 3 N–H and O–H groups in total. The van der Waals surface area contributed by atoms with Crippen molar-refractivity contribution >= 4 is 11.8 Å². The minimum absolute atomic E-state index is 0.00833. The number of carboxylic acid groups (broad SMARTS) is 1. The SMILES string of the molecule is NCc1ccc(C(=O)c2ccc(CCCCC(=O)O)cc2)cc1. The molecule has 0 amide bonds. The van der Waals surface area contributed by atoms with Crippen LogP contribution in [0.2, 0.25) is 0 Å². The molecule has 0 heterocycles. The number of carbonyl (C=O) groups excluding carboxylic acids is 1. The van der Waals surface area contributed by atoms with Crippen molar-refractivity contribution in [3.8, 4) is 0 Å². The Morgan fingerprint density at radius 1 is 0.826 bits per heavy atom. The zero-order chi connectivity index (χ0) is 16.7. The number of hydrogen-bond donors (Lipinski definition) is 2. The van der Waals surface area contributed by atoms with Crippen molar-refractivity contribution in [3.05, 3.63) is 70.8 Å². The molecule has 4 heteroatoms. The van der Waals surface area contributed by atoms with E-state index in [0.29, 0.717) is 24.1 Å². The van der Waals surface area contributed by atoms with Crippen molar-refractivity contribution < 1.29 is 14.7 Å². The number of unbranched alkanes of at least 4 members (excludes halogenated alkanes) is 1. The first-order valence-corrected chi connectivity index (χ1v) is 7.74. The van der Waals surface area contributed by atoms with Gasteiger partial charge in [0.1, 0.15) is 0 Å². The third kappa shape index (κ3) is 5.04. The first kappa shape index (κ1) is 16.9. The zero-order valence-corrected chi connectivity index (χ0v) is 13.0. The van der Waals surface area contributed by atoms with E-state index in [1.54, 1.807) is 12.1 Å². The summed E-state index contributed by atoms with van der Waals surface area (Å²) in [7, 11) is 0. The number of ketones is 1. The molecule has 0 aliphatic heterocycles. The van der Waals surface area contributed by atoms with Gasteiger partial charge in [-0.25, -0.2) is 0 Å². The topological polar surface area (TPSA) is 80.4 Å². The molecule has 0 atom stereocenters. The molecule has 0 saturated heterocycles. The second-order valence-electron chi connectivity index (χ2n) is 5.53. The molecule has 0 radical (unpaired) electrons. The molecule has 2 aromatic carbocycles. The van der Waals surface area contributed by atoms with Crippen LogP contribution in [-0.4, -0.2) is 16.9 Å². The zero-order valence-electron chi connectivity index (χ0n) is 13.0. The molecule has 0 aliphatic rings. The Labute approximate surface area is 136 Å². The number of benzene rings is 2. The van der Waals surface area contributed by atoms with Crippen LogP contribution in [0.1, 0.15) is 46.3 Å². The predicted octanol–water partition coefficient (Wildman–Crippen LogP) is 3.17. The van der Waals surface area contributed by atoms with Crippen molar-refractivity contribution in [1.29, 1.82) is 0 Å². The van der Waals surface area contributed by atoms with Gasteiger partial charge < -0.3 is 10.8 Å². The van der Waals surface area contributed by atoms with Gasteiger partial charge in [-0.15, -0.1) is 0 Å². The van der Waals surface area contributed by atoms with E-state index < -0.39 is 5.97 Å². The van der Waals surface area contributed by atoms with E-state index in [-0.39, 0.29) is 12.2 Å². The monoisotopic (exact) mass is 311 g/mol. The normalized spacial score (nSPS) is 10.5. The van der Waals surface area contributed by atoms with Gasteiger partial charge in [-0.1, -0.05) is 48.5 Å². The van der Waals surface area contributed by atoms with Gasteiger partial charge in [0.25, 0.3) is 0 Å². The highest BCUT2D eigenvalue weighted by Gasteiger charge is 2.08. The van der Waals surface area contributed by atoms with Gasteiger partial charge in [0.2, 0.25) is 0 Å². The predicted molar refractivity (Wildman–Crippen MR) is 89.4 cm³/mol. The fraction of sp³-hybridized carbons (Fsp3) is 0.263. The third-order valence-corrected chi connectivity index (χ3v) is 3.77. The van der Waals surface area contributed by atoms with E-state index in [1.165, 1.54) is 0 Å². The van der Waals surface area contributed by atoms with E-state index >= 15 is 0 Å². The van der Waals surface area contributed by atoms with Gasteiger partial charge in [0.05, 0.1) is 0 Å². The van der Waals surface area contributed by atoms with Crippen LogP contribution < -0.4 is 5.73 Å². The summed E-state index contributed by atoms with van der Waals surface area (Å²) in [6.45, 7) is 0.463. The minimum Gasteiger partial charge on any atom is -0.481 e. The lowest BCUT2D eigenvalue weighted by Crippen LogP contribution is -2.03. The molecular formula is C19H21NO3. The van der Waals surface area contributed by atoms with Crippen molar-refractivity contribution in [3.63, 3.8) is 0 Å². The van der Waals surface area contributed by atoms with Gasteiger partial charge in [-0.2, -0.15) is 0 Å². The Balaban J connectivity index is 1.95. The summed E-state index contributed by atoms with van der Waals surface area (Å²) in [5.74, 6) is -0.766. The lowest BCUT2D eigenvalue weighted by atomic mass is 9.99. The summed E-state index contributed by atoms with van der Waals surface area (Å²) in [6, 6.07) is 14.8. The van der Waals surface area contributed by atoms with Crippen LogP contribution in [0.15, 0.2) is 48.5 Å². The Hall–Kier alpha value is -2.46. The molecule has 0 aliphatic carbocycles. The highest BCUT2D eigenvalue weighted by molar-refractivity contribution is 6.08. The van der Waals surface area contributed by atoms with E-state index in [0.717, 1.165) is 24.0 Å². The van der Waals surface area contributed by atoms with Crippen LogP contribution >= 0.6 is 0 Å². The maximum absolute atomic E-state index is 12.4. The standard InChI is InChI=1S/C19H21NO3/c20-13-15-7-11-17(12-8-15)19(23)16-9-5-14(6-10-16)3-1-2-4-18(21)22/h5-12H,1-4,13,20H2,(H,21,22). The maximum atomic E-state index is 12.4. The summed E-state index contributed by atoms with van der Waals surface area (Å²) in [6.07, 6.45) is 2.53. The number of aryl methyl sites for hydroxylation is 1. The molecule has 0 saturated carbocycles. The Morgan fingerprint density at radius 3 is 1.83 bits per heavy atom. The number of carboxylic acids is 1. The van der Waals surface area contributed by atoms with E-state index in [4.69, 9.17) is 10.8 Å². The number of aliphatic carboxylic acids is 1. The summed E-state index contributed by atoms with van der Waals surface area (Å²) >= 11 is 0. The average molecular weight is 311 g/mol. The minimum atomic E-state index is -0.758. The summed E-state index contributed by atoms with van der Waals surface area (Å²) in [4.78, 5) is 22.9. The van der Waals surface area contributed by atoms with E-state index in [9.17, 15) is 9.59 Å². The molecule has 0 spiro atoms. The first-order chi connectivity index (χ1) is 11.1. The van der Waals surface area contributed by atoms with Gasteiger partial charge in [0, 0.05) is 24.1 Å². The second kappa shape index (κ2) is 8.25. The summed E-state index contributed by atoms with van der Waals surface area (Å²) in [5.41, 5.74) is 8.97. The highest BCUT2D eigenvalue weighted by atomic mass is 16.4. The molecule has 4 nitrogen and oxygen atoms in total. The van der Waals surface area contributed by atoms with Crippen LogP contribution in [0.3, 0.4) is 0 Å². The van der Waals surface area contributed by atoms with Crippen molar-refractivity contribution in [2.45, 2.75) is 32.2 Å². The van der Waals surface area contributed by atoms with Crippen LogP contribution in [0, 0.1) is 0 Å². The summed E-state index contributed by atoms with van der Waals surface area (Å²) in [5, 5.41) is 8.60. The van der Waals surface area contributed by atoms with Crippen LogP contribution in [-0.2, 0) is 17.8 Å². The Morgan fingerprint density at radius 2 is 1.35 bits per heavy atom. The molecule has 0 unspecified atom stereocenters. The molecule has 2 rings (SSSR count). The third-order valence-electron chi connectivity index (χ3n) is 3.77. The molecule has 0 bridgehead atoms. The van der Waals surface area contributed by atoms with Gasteiger partial charge in [0.15, 0.2) is 5.78 Å². The molecule has 120 valence electrons. The number of hydrogen-bond acceptors (Lipinski definition) is 3. The van der Waals surface area contributed by atoms with Crippen LogP contribution in [0.4, 0.5) is 0 Å². The molecular weight excluding hydrogens is 290 g/mol. The van der Waals surface area contributed by atoms with Crippen molar-refractivity contribution in [2.24, 2.45) is 5.73 Å². The molecule has 0 aromatic heterocycles. The highest BCUT2D eigenvalue weighted by Crippen LogP contribution is 2.14. The molecule has 23 heavy (non-hydrogen) atoms. The first-order valence-electron chi connectivity index (χ1n) is 7.74. The fourth-order valence-electron chi connectivity index (χ4n) is 2.39. The average Bonchev–Trinajstić information content (AvgIpc) is 2.58. The van der Waals surface area contributed by atoms with Crippen LogP contribution in [0.5, 0.6) is 0 Å². The second-order valence-corrected chi connectivity index (χ2v) is 5.53. The maximum Gasteiger partial charge on any atom is 0.303 e. The van der Waals surface area contributed by atoms with E-state index in [2.05, 4.69) is 0 Å². The van der Waals surface area contributed by atoms with Gasteiger partial charge in [-0.05, 0) is 30.4 Å². The number of nitrogens with two attached hydrogens (primary N) is 1. The Kier molecular flexibility index (Phi) is 6.06. The molecule has 2 aromatic rings. The van der Waals surface area contributed by atoms with Crippen molar-refractivity contribution in [2.75, 3.05) is 0 Å². The number of carbonyl (C=O) groups is 2.